The van der Waals surface area contributed by atoms with E-state index in [0.717, 1.165) is 25.0 Å². The monoisotopic (exact) mass is 385 g/mol. The van der Waals surface area contributed by atoms with E-state index in [1.165, 1.54) is 27.6 Å². The highest BCUT2D eigenvalue weighted by Gasteiger charge is 2.23. The van der Waals surface area contributed by atoms with E-state index in [2.05, 4.69) is 17.3 Å². The lowest BCUT2D eigenvalue weighted by atomic mass is 9.98. The highest BCUT2D eigenvalue weighted by atomic mass is 16.5. The van der Waals surface area contributed by atoms with E-state index in [-0.39, 0.29) is 25.2 Å². The van der Waals surface area contributed by atoms with Crippen molar-refractivity contribution in [1.29, 1.82) is 0 Å². The van der Waals surface area contributed by atoms with Crippen molar-refractivity contribution in [3.63, 3.8) is 0 Å². The molecule has 0 aliphatic heterocycles. The molecule has 28 heavy (non-hydrogen) atoms. The van der Waals surface area contributed by atoms with Crippen LogP contribution in [0.5, 0.6) is 5.75 Å². The number of anilines is 1. The van der Waals surface area contributed by atoms with E-state index in [9.17, 15) is 9.59 Å². The molecule has 0 saturated heterocycles. The average molecular weight is 385 g/mol. The first kappa shape index (κ1) is 19.9. The largest absolute Gasteiger partial charge is 0.483 e. The summed E-state index contributed by atoms with van der Waals surface area (Å²) in [5, 5.41) is 6.82. The number of ether oxygens (including phenoxy) is 2. The van der Waals surface area contributed by atoms with Gasteiger partial charge in [-0.05, 0) is 69.7 Å². The number of fused-ring (bicyclic) bond motifs is 1. The highest BCUT2D eigenvalue weighted by molar-refractivity contribution is 5.91. The number of amides is 1. The van der Waals surface area contributed by atoms with E-state index in [0.29, 0.717) is 5.69 Å². The quantitative estimate of drug-likeness (QED) is 0.772. The molecule has 0 bridgehead atoms. The van der Waals surface area contributed by atoms with Gasteiger partial charge in [0, 0.05) is 0 Å². The van der Waals surface area contributed by atoms with E-state index >= 15 is 0 Å². The van der Waals surface area contributed by atoms with Gasteiger partial charge < -0.3 is 14.8 Å². The molecule has 0 radical (unpaired) electrons. The summed E-state index contributed by atoms with van der Waals surface area (Å²) in [7, 11) is 0. The molecule has 1 aliphatic carbocycles. The number of rotatable bonds is 6. The van der Waals surface area contributed by atoms with Gasteiger partial charge in [-0.15, -0.1) is 0 Å². The molecule has 1 heterocycles. The van der Waals surface area contributed by atoms with Crippen LogP contribution >= 0.6 is 0 Å². The zero-order valence-electron chi connectivity index (χ0n) is 16.9. The molecular formula is C21H27N3O4. The number of aromatic nitrogens is 2. The molecular weight excluding hydrogens is 358 g/mol. The van der Waals surface area contributed by atoms with E-state index in [1.54, 1.807) is 27.0 Å². The number of carbonyl (C=O) groups is 2. The Morgan fingerprint density at radius 3 is 2.71 bits per heavy atom. The van der Waals surface area contributed by atoms with Crippen molar-refractivity contribution >= 4 is 17.6 Å². The Kier molecular flexibility index (Phi) is 5.72. The van der Waals surface area contributed by atoms with Crippen LogP contribution in [0, 0.1) is 12.3 Å². The smallest absolute Gasteiger partial charge is 0.313 e. The van der Waals surface area contributed by atoms with Crippen LogP contribution in [0.25, 0.3) is 0 Å². The maximum atomic E-state index is 12.2. The summed E-state index contributed by atoms with van der Waals surface area (Å²) in [6.07, 6.45) is 6.31. The highest BCUT2D eigenvalue weighted by Crippen LogP contribution is 2.32. The lowest BCUT2D eigenvalue weighted by Crippen LogP contribution is -2.24. The van der Waals surface area contributed by atoms with Crippen molar-refractivity contribution in [2.45, 2.75) is 53.7 Å². The van der Waals surface area contributed by atoms with Crippen molar-refractivity contribution in [1.82, 2.24) is 9.78 Å². The van der Waals surface area contributed by atoms with Crippen molar-refractivity contribution < 1.29 is 19.1 Å². The number of hydrogen-bond donors (Lipinski definition) is 1. The third kappa shape index (κ3) is 4.71. The second kappa shape index (κ2) is 8.04. The number of esters is 1. The number of aryl methyl sites for hydroxylation is 1. The van der Waals surface area contributed by atoms with Crippen molar-refractivity contribution in [3.05, 3.63) is 41.2 Å². The number of hydrogen-bond acceptors (Lipinski definition) is 5. The van der Waals surface area contributed by atoms with Crippen LogP contribution in [0.4, 0.5) is 5.69 Å². The Balaban J connectivity index is 1.50. The molecule has 3 rings (SSSR count). The summed E-state index contributed by atoms with van der Waals surface area (Å²) in [6.45, 7) is 7.39. The number of carbonyl (C=O) groups excluding carboxylic acids is 2. The minimum atomic E-state index is -0.572. The molecule has 150 valence electrons. The summed E-state index contributed by atoms with van der Waals surface area (Å²) >= 11 is 0. The normalized spacial score (nSPS) is 13.1. The van der Waals surface area contributed by atoms with Crippen LogP contribution in [0.3, 0.4) is 0 Å². The SMILES string of the molecule is Cc1ccc(OCC(=O)Nc2cnn(COC(=O)C(C)(C)C)c2)c2c1CCC2. The van der Waals surface area contributed by atoms with Crippen LogP contribution in [0.2, 0.25) is 0 Å². The predicted molar refractivity (Wildman–Crippen MR) is 105 cm³/mol. The van der Waals surface area contributed by atoms with E-state index < -0.39 is 5.41 Å². The van der Waals surface area contributed by atoms with Gasteiger partial charge in [0.25, 0.3) is 5.91 Å². The summed E-state index contributed by atoms with van der Waals surface area (Å²) in [5.41, 5.74) is 3.81. The number of benzene rings is 1. The van der Waals surface area contributed by atoms with Gasteiger partial charge in [0.05, 0.1) is 23.5 Å². The Hall–Kier alpha value is -2.83. The van der Waals surface area contributed by atoms with Gasteiger partial charge in [0.1, 0.15) is 5.75 Å². The molecule has 0 fully saturated rings. The fourth-order valence-electron chi connectivity index (χ4n) is 3.17. The van der Waals surface area contributed by atoms with Crippen LogP contribution in [0.15, 0.2) is 24.5 Å². The average Bonchev–Trinajstić information content (AvgIpc) is 3.28. The maximum absolute atomic E-state index is 12.2. The molecule has 0 unspecified atom stereocenters. The maximum Gasteiger partial charge on any atom is 0.313 e. The standard InChI is InChI=1S/C21H27N3O4/c1-14-8-9-18(17-7-5-6-16(14)17)27-12-19(25)23-15-10-22-24(11-15)13-28-20(26)21(2,3)4/h8-11H,5-7,12-13H2,1-4H3,(H,23,25). The molecule has 1 aromatic carbocycles. The predicted octanol–water partition coefficient (Wildman–Crippen LogP) is 3.24. The van der Waals surface area contributed by atoms with E-state index in [4.69, 9.17) is 9.47 Å². The molecule has 0 spiro atoms. The molecule has 1 aromatic heterocycles. The minimum absolute atomic E-state index is 0.00201. The lowest BCUT2D eigenvalue weighted by molar-refractivity contribution is -0.157. The fraction of sp³-hybridized carbons (Fsp3) is 0.476. The van der Waals surface area contributed by atoms with Crippen molar-refractivity contribution in [2.75, 3.05) is 11.9 Å². The molecule has 1 amide bonds. The zero-order valence-corrected chi connectivity index (χ0v) is 16.9. The van der Waals surface area contributed by atoms with Crippen LogP contribution in [0.1, 0.15) is 43.9 Å². The molecule has 1 N–H and O–H groups in total. The molecule has 1 aliphatic rings. The summed E-state index contributed by atoms with van der Waals surface area (Å²) in [5.74, 6) is 0.212. The second-order valence-corrected chi connectivity index (χ2v) is 8.11. The van der Waals surface area contributed by atoms with Gasteiger partial charge in [-0.25, -0.2) is 4.68 Å². The summed E-state index contributed by atoms with van der Waals surface area (Å²) in [6, 6.07) is 3.98. The summed E-state index contributed by atoms with van der Waals surface area (Å²) in [4.78, 5) is 24.0. The second-order valence-electron chi connectivity index (χ2n) is 8.11. The Labute approximate surface area is 165 Å². The Bertz CT molecular complexity index is 880. The topological polar surface area (TPSA) is 82.4 Å². The zero-order chi connectivity index (χ0) is 20.3. The third-order valence-electron chi connectivity index (χ3n) is 4.69. The Morgan fingerprint density at radius 2 is 1.96 bits per heavy atom. The van der Waals surface area contributed by atoms with Crippen LogP contribution < -0.4 is 10.1 Å². The third-order valence-corrected chi connectivity index (χ3v) is 4.69. The molecule has 0 saturated carbocycles. The van der Waals surface area contributed by atoms with Gasteiger partial charge in [0.2, 0.25) is 0 Å². The van der Waals surface area contributed by atoms with Crippen molar-refractivity contribution in [2.24, 2.45) is 5.41 Å². The van der Waals surface area contributed by atoms with Crippen molar-refractivity contribution in [3.8, 4) is 5.75 Å². The first-order valence-electron chi connectivity index (χ1n) is 9.48. The van der Waals surface area contributed by atoms with Crippen LogP contribution in [-0.4, -0.2) is 28.3 Å². The molecule has 0 atom stereocenters. The van der Waals surface area contributed by atoms with Gasteiger partial charge >= 0.3 is 5.97 Å². The van der Waals surface area contributed by atoms with E-state index in [1.807, 2.05) is 12.1 Å². The molecule has 7 nitrogen and oxygen atoms in total. The van der Waals surface area contributed by atoms with Gasteiger partial charge in [-0.2, -0.15) is 5.10 Å². The van der Waals surface area contributed by atoms with Gasteiger partial charge in [-0.3, -0.25) is 9.59 Å². The lowest BCUT2D eigenvalue weighted by Gasteiger charge is -2.16. The first-order chi connectivity index (χ1) is 13.2. The first-order valence-corrected chi connectivity index (χ1v) is 9.48. The number of nitrogens with zero attached hydrogens (tertiary/aromatic N) is 2. The molecule has 2 aromatic rings. The molecule has 7 heteroatoms. The minimum Gasteiger partial charge on any atom is -0.483 e. The van der Waals surface area contributed by atoms with Gasteiger partial charge in [-0.1, -0.05) is 6.07 Å². The van der Waals surface area contributed by atoms with Crippen LogP contribution in [-0.2, 0) is 33.9 Å². The Morgan fingerprint density at radius 1 is 1.21 bits per heavy atom. The van der Waals surface area contributed by atoms with Gasteiger partial charge in [0.15, 0.2) is 13.3 Å². The number of nitrogens with one attached hydrogen (secondary N) is 1. The fourth-order valence-corrected chi connectivity index (χ4v) is 3.17. The summed E-state index contributed by atoms with van der Waals surface area (Å²) < 4.78 is 12.4.